The van der Waals surface area contributed by atoms with Crippen molar-refractivity contribution in [1.82, 2.24) is 4.57 Å². The standard InChI is InChI=1S/C80H50BF3N4/c82-80(83,84)64-25-15-24-62(45-64)68-44-52(51-85)28-40-73(68)88-72-27-14-13-26-67(72)69-46-59(33-41-74(69)88)63-49-77-79-78(50-63)87(66-38-31-58(32-39-66)54-18-7-2-8-19-54)76-43-35-61(56-22-11-4-12-23-56)48-71(76)81(79)70-47-60(55-20-9-3-10-21-55)34-42-75(70)86(77)65-36-29-57(30-37-65)53-16-5-1-6-17-53/h1-50H. The first-order valence-electron chi connectivity index (χ1n) is 29.5. The van der Waals surface area contributed by atoms with E-state index in [0.717, 1.165) is 118 Å². The van der Waals surface area contributed by atoms with Crippen molar-refractivity contribution in [2.45, 2.75) is 6.18 Å². The number of halogens is 3. The number of nitriles is 1. The fourth-order valence-electron chi connectivity index (χ4n) is 13.5. The van der Waals surface area contributed by atoms with E-state index in [2.05, 4.69) is 257 Å². The molecule has 4 nitrogen and oxygen atoms in total. The summed E-state index contributed by atoms with van der Waals surface area (Å²) in [6, 6.07) is 107. The maximum Gasteiger partial charge on any atom is 0.416 e. The van der Waals surface area contributed by atoms with Crippen molar-refractivity contribution in [3.63, 3.8) is 0 Å². The third-order valence-corrected chi connectivity index (χ3v) is 17.6. The van der Waals surface area contributed by atoms with E-state index in [1.807, 2.05) is 30.3 Å². The lowest BCUT2D eigenvalue weighted by Crippen LogP contribution is -2.61. The van der Waals surface area contributed by atoms with Gasteiger partial charge in [-0.05, 0) is 175 Å². The average Bonchev–Trinajstić information content (AvgIpc) is 0.786. The molecule has 88 heavy (non-hydrogen) atoms. The van der Waals surface area contributed by atoms with E-state index in [9.17, 15) is 18.4 Å². The first-order valence-corrected chi connectivity index (χ1v) is 29.5. The summed E-state index contributed by atoms with van der Waals surface area (Å²) >= 11 is 0. The molecule has 0 unspecified atom stereocenters. The number of anilines is 6. The second-order valence-corrected chi connectivity index (χ2v) is 22.6. The number of nitrogens with zero attached hydrogens (tertiary/aromatic N) is 4. The van der Waals surface area contributed by atoms with E-state index in [4.69, 9.17) is 0 Å². The summed E-state index contributed by atoms with van der Waals surface area (Å²) in [4.78, 5) is 4.93. The first-order chi connectivity index (χ1) is 43.2. The Balaban J connectivity index is 0.961. The van der Waals surface area contributed by atoms with Crippen LogP contribution in [-0.4, -0.2) is 11.3 Å². The maximum absolute atomic E-state index is 14.3. The largest absolute Gasteiger partial charge is 0.416 e. The summed E-state index contributed by atoms with van der Waals surface area (Å²) in [6.45, 7) is -0.199. The summed E-state index contributed by atoms with van der Waals surface area (Å²) in [5.41, 5.74) is 23.8. The van der Waals surface area contributed by atoms with Crippen LogP contribution in [0, 0.1) is 11.3 Å². The molecule has 0 saturated heterocycles. The molecule has 0 bridgehead atoms. The van der Waals surface area contributed by atoms with Gasteiger partial charge in [-0.15, -0.1) is 0 Å². The molecule has 2 aliphatic heterocycles. The summed E-state index contributed by atoms with van der Waals surface area (Å²) < 4.78 is 45.1. The van der Waals surface area contributed by atoms with Crippen LogP contribution in [0.25, 0.3) is 94.3 Å². The van der Waals surface area contributed by atoms with Gasteiger partial charge in [-0.2, -0.15) is 18.4 Å². The molecule has 0 N–H and O–H groups in total. The molecule has 0 aliphatic carbocycles. The van der Waals surface area contributed by atoms with E-state index in [1.165, 1.54) is 28.5 Å². The van der Waals surface area contributed by atoms with Crippen molar-refractivity contribution in [2.75, 3.05) is 9.80 Å². The number of aromatic nitrogens is 1. The third-order valence-electron chi connectivity index (χ3n) is 17.6. The molecule has 3 heterocycles. The Morgan fingerprint density at radius 3 is 1.27 bits per heavy atom. The van der Waals surface area contributed by atoms with Crippen molar-refractivity contribution in [1.29, 1.82) is 5.26 Å². The summed E-state index contributed by atoms with van der Waals surface area (Å²) in [5.74, 6) is 0. The Labute approximate surface area is 508 Å². The minimum absolute atomic E-state index is 0.199. The SMILES string of the molecule is N#Cc1ccc(-n2c3ccccc3c3cc(-c4cc5c6c(c4)N(c4ccc(-c7ccccc7)cc4)c4ccc(-c7ccccc7)cc4B6c4cc(-c6ccccc6)ccc4N5c4ccc(-c5ccccc5)cc4)ccc32)c(-c2cccc(C(F)(F)F)c2)c1. The van der Waals surface area contributed by atoms with Gasteiger partial charge in [0, 0.05) is 50.5 Å². The molecular weight excluding hydrogens is 1080 g/mol. The smallest absolute Gasteiger partial charge is 0.311 e. The Hall–Kier alpha value is -11.4. The molecule has 13 aromatic carbocycles. The van der Waals surface area contributed by atoms with Crippen LogP contribution in [-0.2, 0) is 6.18 Å². The van der Waals surface area contributed by atoms with Gasteiger partial charge in [0.05, 0.1) is 33.9 Å². The van der Waals surface area contributed by atoms with E-state index in [-0.39, 0.29) is 6.71 Å². The van der Waals surface area contributed by atoms with Gasteiger partial charge in [-0.25, -0.2) is 0 Å². The number of fused-ring (bicyclic) bond motifs is 7. The fraction of sp³-hybridized carbons (Fsp3) is 0.0125. The predicted molar refractivity (Wildman–Crippen MR) is 357 cm³/mol. The van der Waals surface area contributed by atoms with Crippen molar-refractivity contribution >= 4 is 79.0 Å². The highest BCUT2D eigenvalue weighted by atomic mass is 19.4. The van der Waals surface area contributed by atoms with E-state index >= 15 is 0 Å². The van der Waals surface area contributed by atoms with E-state index in [1.54, 1.807) is 18.2 Å². The second-order valence-electron chi connectivity index (χ2n) is 22.6. The Morgan fingerprint density at radius 2 is 0.750 bits per heavy atom. The number of rotatable bonds is 9. The molecule has 0 atom stereocenters. The summed E-state index contributed by atoms with van der Waals surface area (Å²) in [5, 5.41) is 12.1. The molecule has 8 heteroatoms. The minimum Gasteiger partial charge on any atom is -0.311 e. The second kappa shape index (κ2) is 21.0. The van der Waals surface area contributed by atoms with Gasteiger partial charge in [0.1, 0.15) is 0 Å². The van der Waals surface area contributed by atoms with Crippen LogP contribution in [0.5, 0.6) is 0 Å². The van der Waals surface area contributed by atoms with Gasteiger partial charge in [-0.1, -0.05) is 206 Å². The highest BCUT2D eigenvalue weighted by Crippen LogP contribution is 2.49. The molecule has 0 fully saturated rings. The molecule has 14 aromatic rings. The number of hydrogen-bond acceptors (Lipinski definition) is 3. The topological polar surface area (TPSA) is 35.2 Å². The van der Waals surface area contributed by atoms with Crippen molar-refractivity contribution in [3.05, 3.63) is 314 Å². The Kier molecular flexibility index (Phi) is 12.4. The van der Waals surface area contributed by atoms with Crippen molar-refractivity contribution in [3.8, 4) is 78.5 Å². The fourth-order valence-corrected chi connectivity index (χ4v) is 13.5. The average molecular weight is 1140 g/mol. The van der Waals surface area contributed by atoms with E-state index in [0.29, 0.717) is 22.4 Å². The zero-order chi connectivity index (χ0) is 59.0. The zero-order valence-corrected chi connectivity index (χ0v) is 47.4. The maximum atomic E-state index is 14.3. The molecule has 414 valence electrons. The highest BCUT2D eigenvalue weighted by molar-refractivity contribution is 7.00. The van der Waals surface area contributed by atoms with Gasteiger partial charge < -0.3 is 14.4 Å². The van der Waals surface area contributed by atoms with Crippen molar-refractivity contribution in [2.24, 2.45) is 0 Å². The third kappa shape index (κ3) is 8.86. The normalized spacial score (nSPS) is 12.4. The number of alkyl halides is 3. The summed E-state index contributed by atoms with van der Waals surface area (Å²) in [7, 11) is 0. The molecule has 2 aliphatic rings. The monoisotopic (exact) mass is 1130 g/mol. The van der Waals surface area contributed by atoms with Crippen LogP contribution in [0.2, 0.25) is 0 Å². The molecule has 0 saturated carbocycles. The lowest BCUT2D eigenvalue weighted by molar-refractivity contribution is -0.137. The quantitative estimate of drug-likeness (QED) is 0.135. The molecule has 1 aromatic heterocycles. The van der Waals surface area contributed by atoms with Gasteiger partial charge in [0.15, 0.2) is 0 Å². The van der Waals surface area contributed by atoms with Crippen molar-refractivity contribution < 1.29 is 13.2 Å². The van der Waals surface area contributed by atoms with Crippen LogP contribution < -0.4 is 26.2 Å². The Morgan fingerprint density at radius 1 is 0.318 bits per heavy atom. The van der Waals surface area contributed by atoms with Crippen LogP contribution in [0.1, 0.15) is 11.1 Å². The number of hydrogen-bond donors (Lipinski definition) is 0. The molecule has 0 spiro atoms. The molecule has 0 radical (unpaired) electrons. The summed E-state index contributed by atoms with van der Waals surface area (Å²) in [6.07, 6.45) is -4.55. The van der Waals surface area contributed by atoms with Gasteiger partial charge >= 0.3 is 6.18 Å². The van der Waals surface area contributed by atoms with Crippen LogP contribution in [0.3, 0.4) is 0 Å². The Bertz CT molecular complexity index is 4880. The van der Waals surface area contributed by atoms with E-state index < -0.39 is 11.7 Å². The highest BCUT2D eigenvalue weighted by Gasteiger charge is 2.44. The van der Waals surface area contributed by atoms with Gasteiger partial charge in [0.2, 0.25) is 0 Å². The zero-order valence-electron chi connectivity index (χ0n) is 47.4. The minimum atomic E-state index is -4.55. The molecule has 0 amide bonds. The number of para-hydroxylation sites is 1. The van der Waals surface area contributed by atoms with Crippen LogP contribution in [0.15, 0.2) is 303 Å². The first kappa shape index (κ1) is 52.2. The van der Waals surface area contributed by atoms with Gasteiger partial charge in [0.25, 0.3) is 6.71 Å². The number of benzene rings is 13. The lowest BCUT2D eigenvalue weighted by atomic mass is 9.33. The van der Waals surface area contributed by atoms with Crippen LogP contribution in [0.4, 0.5) is 47.3 Å². The molecule has 16 rings (SSSR count). The van der Waals surface area contributed by atoms with Crippen LogP contribution >= 0.6 is 0 Å². The predicted octanol–water partition coefficient (Wildman–Crippen LogP) is 19.8. The molecular formula is C80H50BF3N4. The van der Waals surface area contributed by atoms with Gasteiger partial charge in [-0.3, -0.25) is 0 Å². The lowest BCUT2D eigenvalue weighted by Gasteiger charge is -2.44.